The molecule has 0 saturated carbocycles. The topological polar surface area (TPSA) is 99.3 Å². The molecule has 37 heavy (non-hydrogen) atoms. The van der Waals surface area contributed by atoms with Gasteiger partial charge in [0.2, 0.25) is 11.8 Å². The molecule has 2 aromatic rings. The fraction of sp³-hybridized carbons (Fsp3) is 0.429. The van der Waals surface area contributed by atoms with Crippen LogP contribution < -0.4 is 15.0 Å². The van der Waals surface area contributed by atoms with Crippen LogP contribution in [-0.2, 0) is 16.1 Å². The van der Waals surface area contributed by atoms with E-state index in [1.165, 1.54) is 4.90 Å². The van der Waals surface area contributed by atoms with Crippen molar-refractivity contribution in [2.45, 2.75) is 50.7 Å². The number of nitrogens with zero attached hydrogens (tertiary/aromatic N) is 3. The van der Waals surface area contributed by atoms with Gasteiger partial charge in [0.05, 0.1) is 6.04 Å². The Morgan fingerprint density at radius 1 is 1.08 bits per heavy atom. The van der Waals surface area contributed by atoms with Crippen LogP contribution in [0, 0.1) is 0 Å². The number of fused-ring (bicyclic) bond motifs is 1. The highest BCUT2D eigenvalue weighted by atomic mass is 16.5. The zero-order chi connectivity index (χ0) is 26.1. The highest BCUT2D eigenvalue weighted by Crippen LogP contribution is 2.31. The molecule has 2 saturated heterocycles. The zero-order valence-electron chi connectivity index (χ0n) is 21.2. The average Bonchev–Trinajstić information content (AvgIpc) is 3.22. The Hall–Kier alpha value is -3.88. The Morgan fingerprint density at radius 2 is 1.92 bits per heavy atom. The third-order valence-corrected chi connectivity index (χ3v) is 7.43. The van der Waals surface area contributed by atoms with Crippen LogP contribution in [0.5, 0.6) is 5.75 Å². The summed E-state index contributed by atoms with van der Waals surface area (Å²) in [7, 11) is 3.91. The molecule has 2 aromatic carbocycles. The molecule has 1 N–H and O–H groups in total. The van der Waals surface area contributed by atoms with E-state index in [-0.39, 0.29) is 30.2 Å². The van der Waals surface area contributed by atoms with Gasteiger partial charge in [0.1, 0.15) is 18.4 Å². The molecule has 0 spiro atoms. The zero-order valence-corrected chi connectivity index (χ0v) is 21.2. The van der Waals surface area contributed by atoms with Crippen molar-refractivity contribution in [2.24, 2.45) is 0 Å². The fourth-order valence-electron chi connectivity index (χ4n) is 5.36. The van der Waals surface area contributed by atoms with Crippen LogP contribution in [0.15, 0.2) is 42.5 Å². The van der Waals surface area contributed by atoms with E-state index in [9.17, 15) is 19.2 Å². The SMILES string of the molecule is CN(C)c1cccc(C(=O)N2CCCC[C@@H]2COc2ccc3c(c2)CN(C2CCC(=O)NC2=O)C3=O)c1. The number of likely N-dealkylation sites (tertiary alicyclic amines) is 1. The first kappa shape index (κ1) is 24.8. The molecule has 194 valence electrons. The predicted octanol–water partition coefficient (Wildman–Crippen LogP) is 2.59. The maximum absolute atomic E-state index is 13.4. The molecule has 3 aliphatic heterocycles. The van der Waals surface area contributed by atoms with Crippen molar-refractivity contribution < 1.29 is 23.9 Å². The van der Waals surface area contributed by atoms with Crippen molar-refractivity contribution in [3.8, 4) is 5.75 Å². The van der Waals surface area contributed by atoms with Crippen molar-refractivity contribution in [1.82, 2.24) is 15.1 Å². The normalized spacial score (nSPS) is 21.5. The number of piperidine rings is 2. The molecule has 4 amide bonds. The highest BCUT2D eigenvalue weighted by molar-refractivity contribution is 6.05. The molecule has 5 rings (SSSR count). The number of benzene rings is 2. The summed E-state index contributed by atoms with van der Waals surface area (Å²) in [5, 5.41) is 2.32. The molecular weight excluding hydrogens is 472 g/mol. The Labute approximate surface area is 216 Å². The van der Waals surface area contributed by atoms with Crippen molar-refractivity contribution in [3.05, 3.63) is 59.2 Å². The van der Waals surface area contributed by atoms with Crippen LogP contribution >= 0.6 is 0 Å². The summed E-state index contributed by atoms with van der Waals surface area (Å²) < 4.78 is 6.14. The highest BCUT2D eigenvalue weighted by Gasteiger charge is 2.39. The molecule has 2 fully saturated rings. The Morgan fingerprint density at radius 3 is 2.70 bits per heavy atom. The molecule has 1 unspecified atom stereocenters. The van der Waals surface area contributed by atoms with Crippen molar-refractivity contribution in [3.63, 3.8) is 0 Å². The van der Waals surface area contributed by atoms with Gasteiger partial charge in [0, 0.05) is 50.4 Å². The van der Waals surface area contributed by atoms with E-state index in [0.717, 1.165) is 30.5 Å². The molecule has 9 heteroatoms. The van der Waals surface area contributed by atoms with Gasteiger partial charge in [-0.3, -0.25) is 24.5 Å². The first-order valence-corrected chi connectivity index (χ1v) is 12.8. The van der Waals surface area contributed by atoms with Gasteiger partial charge in [0.25, 0.3) is 11.8 Å². The summed E-state index contributed by atoms with van der Waals surface area (Å²) in [6.07, 6.45) is 3.42. The summed E-state index contributed by atoms with van der Waals surface area (Å²) >= 11 is 0. The van der Waals surface area contributed by atoms with E-state index in [0.29, 0.717) is 43.0 Å². The molecule has 2 atom stereocenters. The lowest BCUT2D eigenvalue weighted by Gasteiger charge is -2.35. The molecule has 3 heterocycles. The number of hydrogen-bond acceptors (Lipinski definition) is 6. The van der Waals surface area contributed by atoms with Crippen molar-refractivity contribution in [1.29, 1.82) is 0 Å². The van der Waals surface area contributed by atoms with Gasteiger partial charge in [-0.15, -0.1) is 0 Å². The summed E-state index contributed by atoms with van der Waals surface area (Å²) in [6.45, 7) is 1.36. The number of anilines is 1. The number of nitrogens with one attached hydrogen (secondary N) is 1. The van der Waals surface area contributed by atoms with E-state index >= 15 is 0 Å². The van der Waals surface area contributed by atoms with Gasteiger partial charge in [0.15, 0.2) is 0 Å². The third-order valence-electron chi connectivity index (χ3n) is 7.43. The molecular formula is C28H32N4O5. The van der Waals surface area contributed by atoms with Gasteiger partial charge in [-0.05, 0) is 67.6 Å². The number of carbonyl (C=O) groups excluding carboxylic acids is 4. The van der Waals surface area contributed by atoms with E-state index < -0.39 is 11.9 Å². The lowest BCUT2D eigenvalue weighted by atomic mass is 10.0. The summed E-state index contributed by atoms with van der Waals surface area (Å²) in [4.78, 5) is 55.5. The average molecular weight is 505 g/mol. The molecule has 3 aliphatic rings. The maximum atomic E-state index is 13.4. The molecule has 0 aromatic heterocycles. The Bertz CT molecular complexity index is 1240. The lowest BCUT2D eigenvalue weighted by molar-refractivity contribution is -0.136. The largest absolute Gasteiger partial charge is 0.491 e. The lowest BCUT2D eigenvalue weighted by Crippen LogP contribution is -2.52. The minimum absolute atomic E-state index is 0.0106. The van der Waals surface area contributed by atoms with Gasteiger partial charge >= 0.3 is 0 Å². The van der Waals surface area contributed by atoms with Gasteiger partial charge in [-0.25, -0.2) is 0 Å². The molecule has 0 aliphatic carbocycles. The molecule has 0 bridgehead atoms. The van der Waals surface area contributed by atoms with Gasteiger partial charge < -0.3 is 19.4 Å². The maximum Gasteiger partial charge on any atom is 0.255 e. The first-order chi connectivity index (χ1) is 17.8. The summed E-state index contributed by atoms with van der Waals surface area (Å²) in [6, 6.07) is 12.3. The Kier molecular flexibility index (Phi) is 6.86. The number of amides is 4. The fourth-order valence-corrected chi connectivity index (χ4v) is 5.36. The molecule has 0 radical (unpaired) electrons. The van der Waals surface area contributed by atoms with Crippen LogP contribution in [0.25, 0.3) is 0 Å². The molecule has 9 nitrogen and oxygen atoms in total. The first-order valence-electron chi connectivity index (χ1n) is 12.8. The summed E-state index contributed by atoms with van der Waals surface area (Å²) in [5.74, 6) is -0.297. The number of hydrogen-bond donors (Lipinski definition) is 1. The number of rotatable bonds is 6. The van der Waals surface area contributed by atoms with Crippen LogP contribution in [0.4, 0.5) is 5.69 Å². The summed E-state index contributed by atoms with van der Waals surface area (Å²) in [5.41, 5.74) is 2.99. The minimum atomic E-state index is -0.644. The van der Waals surface area contributed by atoms with Crippen LogP contribution in [0.1, 0.15) is 58.4 Å². The number of imide groups is 1. The monoisotopic (exact) mass is 504 g/mol. The standard InChI is InChI=1S/C28H32N4O5/c1-30(2)20-8-5-6-18(14-20)27(35)31-13-4-3-7-21(31)17-37-22-9-10-23-19(15-22)16-32(28(23)36)24-11-12-25(33)29-26(24)34/h5-6,8-10,14-15,21,24H,3-4,7,11-13,16-17H2,1-2H3,(H,29,33,34)/t21-,24?/m1/s1. The Balaban J connectivity index is 1.25. The quantitative estimate of drug-likeness (QED) is 0.608. The van der Waals surface area contributed by atoms with Crippen molar-refractivity contribution in [2.75, 3.05) is 32.1 Å². The van der Waals surface area contributed by atoms with Crippen LogP contribution in [0.2, 0.25) is 0 Å². The van der Waals surface area contributed by atoms with E-state index in [1.807, 2.05) is 54.2 Å². The second-order valence-electron chi connectivity index (χ2n) is 10.1. The van der Waals surface area contributed by atoms with Crippen molar-refractivity contribution >= 4 is 29.3 Å². The second-order valence-corrected chi connectivity index (χ2v) is 10.1. The van der Waals surface area contributed by atoms with Gasteiger partial charge in [-0.1, -0.05) is 6.07 Å². The van der Waals surface area contributed by atoms with E-state index in [2.05, 4.69) is 5.32 Å². The smallest absolute Gasteiger partial charge is 0.255 e. The second kappa shape index (κ2) is 10.2. The third kappa shape index (κ3) is 5.03. The number of carbonyl (C=O) groups is 4. The van der Waals surface area contributed by atoms with Gasteiger partial charge in [-0.2, -0.15) is 0 Å². The predicted molar refractivity (Wildman–Crippen MR) is 137 cm³/mol. The number of ether oxygens (including phenoxy) is 1. The van der Waals surface area contributed by atoms with E-state index in [4.69, 9.17) is 4.74 Å². The van der Waals surface area contributed by atoms with E-state index in [1.54, 1.807) is 12.1 Å². The van der Waals surface area contributed by atoms with Crippen LogP contribution in [-0.4, -0.2) is 72.8 Å². The minimum Gasteiger partial charge on any atom is -0.491 e. The van der Waals surface area contributed by atoms with Crippen LogP contribution in [0.3, 0.4) is 0 Å².